The molecular formula is C22H20O5S. The van der Waals surface area contributed by atoms with Gasteiger partial charge in [-0.1, -0.05) is 30.3 Å². The van der Waals surface area contributed by atoms with Crippen molar-refractivity contribution in [1.29, 1.82) is 0 Å². The zero-order chi connectivity index (χ0) is 19.9. The molecule has 5 nitrogen and oxygen atoms in total. The van der Waals surface area contributed by atoms with Gasteiger partial charge in [0.2, 0.25) is 0 Å². The van der Waals surface area contributed by atoms with Crippen molar-refractivity contribution >= 4 is 16.8 Å². The average molecular weight is 396 g/mol. The monoisotopic (exact) mass is 396 g/mol. The number of ether oxygens (including phenoxy) is 3. The molecule has 0 fully saturated rings. The van der Waals surface area contributed by atoms with Gasteiger partial charge in [-0.05, 0) is 42.0 Å². The van der Waals surface area contributed by atoms with Gasteiger partial charge in [-0.25, -0.2) is 4.79 Å². The highest BCUT2D eigenvalue weighted by Gasteiger charge is 2.14. The zero-order valence-electron chi connectivity index (χ0n) is 15.6. The summed E-state index contributed by atoms with van der Waals surface area (Å²) in [5.41, 5.74) is 1.40. The summed E-state index contributed by atoms with van der Waals surface area (Å²) in [7, 11) is 0.252. The van der Waals surface area contributed by atoms with Crippen molar-refractivity contribution in [2.24, 2.45) is 0 Å². The van der Waals surface area contributed by atoms with Crippen molar-refractivity contribution in [3.05, 3.63) is 83.9 Å². The lowest BCUT2D eigenvalue weighted by molar-refractivity contribution is 0.0734. The van der Waals surface area contributed by atoms with Crippen LogP contribution in [0.3, 0.4) is 0 Å². The third kappa shape index (κ3) is 4.98. The minimum atomic E-state index is -1.31. The van der Waals surface area contributed by atoms with Crippen LogP contribution in [0, 0.1) is 0 Å². The van der Waals surface area contributed by atoms with Gasteiger partial charge >= 0.3 is 5.97 Å². The highest BCUT2D eigenvalue weighted by molar-refractivity contribution is 7.84. The van der Waals surface area contributed by atoms with Crippen molar-refractivity contribution in [2.45, 2.75) is 11.5 Å². The van der Waals surface area contributed by atoms with Crippen molar-refractivity contribution in [3.63, 3.8) is 0 Å². The van der Waals surface area contributed by atoms with Crippen molar-refractivity contribution in [3.8, 4) is 17.2 Å². The van der Waals surface area contributed by atoms with E-state index in [-0.39, 0.29) is 0 Å². The van der Waals surface area contributed by atoms with Gasteiger partial charge in [0.05, 0.1) is 28.4 Å². The van der Waals surface area contributed by atoms with E-state index in [2.05, 4.69) is 0 Å². The fourth-order valence-corrected chi connectivity index (χ4v) is 3.22. The molecule has 0 aliphatic rings. The number of rotatable bonds is 7. The lowest BCUT2D eigenvalue weighted by Gasteiger charge is -2.12. The van der Waals surface area contributed by atoms with Crippen LogP contribution in [0.25, 0.3) is 0 Å². The number of hydrogen-bond donors (Lipinski definition) is 0. The summed E-state index contributed by atoms with van der Waals surface area (Å²) < 4.78 is 28.4. The van der Waals surface area contributed by atoms with Gasteiger partial charge in [0.1, 0.15) is 23.9 Å². The summed E-state index contributed by atoms with van der Waals surface area (Å²) >= 11 is 0. The first-order chi connectivity index (χ1) is 13.6. The maximum Gasteiger partial charge on any atom is 0.343 e. The number of esters is 1. The smallest absolute Gasteiger partial charge is 0.343 e. The molecule has 0 heterocycles. The molecule has 28 heavy (non-hydrogen) atoms. The molecule has 3 rings (SSSR count). The minimum absolute atomic E-state index is 0.304. The van der Waals surface area contributed by atoms with E-state index in [4.69, 9.17) is 14.2 Å². The fraction of sp³-hybridized carbons (Fsp3) is 0.136. The molecule has 6 heteroatoms. The van der Waals surface area contributed by atoms with Crippen LogP contribution in [-0.2, 0) is 17.4 Å². The first-order valence-corrected chi connectivity index (χ1v) is 10.1. The molecule has 0 radical (unpaired) electrons. The third-order valence-electron chi connectivity index (χ3n) is 4.00. The van der Waals surface area contributed by atoms with E-state index in [0.717, 1.165) is 5.56 Å². The topological polar surface area (TPSA) is 61.8 Å². The van der Waals surface area contributed by atoms with Crippen LogP contribution in [0.1, 0.15) is 15.9 Å². The molecule has 0 aliphatic carbocycles. The highest BCUT2D eigenvalue weighted by atomic mass is 32.2. The predicted octanol–water partition coefficient (Wildman–Crippen LogP) is 4.23. The summed E-state index contributed by atoms with van der Waals surface area (Å²) in [4.78, 5) is 12.8. The Morgan fingerprint density at radius 3 is 2.25 bits per heavy atom. The fourth-order valence-electron chi connectivity index (χ4n) is 2.52. The summed E-state index contributed by atoms with van der Waals surface area (Å²) in [5.74, 6) is 0.945. The Kier molecular flexibility index (Phi) is 6.45. The van der Waals surface area contributed by atoms with E-state index >= 15 is 0 Å². The predicted molar refractivity (Wildman–Crippen MR) is 108 cm³/mol. The summed E-state index contributed by atoms with van der Waals surface area (Å²) in [6.07, 6.45) is 1.56. The van der Waals surface area contributed by atoms with Crippen LogP contribution in [0.4, 0.5) is 0 Å². The molecule has 1 atom stereocenters. The Morgan fingerprint density at radius 2 is 1.61 bits per heavy atom. The van der Waals surface area contributed by atoms with E-state index in [9.17, 15) is 9.00 Å². The normalized spacial score (nSPS) is 11.5. The van der Waals surface area contributed by atoms with E-state index < -0.39 is 16.8 Å². The Balaban J connectivity index is 1.74. The lowest BCUT2D eigenvalue weighted by Crippen LogP contribution is -2.09. The van der Waals surface area contributed by atoms with Crippen LogP contribution < -0.4 is 14.2 Å². The SMILES string of the molecule is COc1ccc(C(=O)Oc2ccc(OCc3ccccc3)c(S(C)=O)c2)cc1. The summed E-state index contributed by atoms with van der Waals surface area (Å²) in [6.45, 7) is 0.357. The van der Waals surface area contributed by atoms with Gasteiger partial charge in [-0.3, -0.25) is 4.21 Å². The molecule has 1 unspecified atom stereocenters. The molecule has 0 amide bonds. The maximum absolute atomic E-state index is 12.3. The van der Waals surface area contributed by atoms with Crippen LogP contribution in [0.5, 0.6) is 17.2 Å². The number of methoxy groups -OCH3 is 1. The van der Waals surface area contributed by atoms with Crippen LogP contribution in [0.15, 0.2) is 77.7 Å². The largest absolute Gasteiger partial charge is 0.497 e. The molecule has 0 spiro atoms. The van der Waals surface area contributed by atoms with Gasteiger partial charge in [-0.15, -0.1) is 0 Å². The van der Waals surface area contributed by atoms with Crippen LogP contribution in [-0.4, -0.2) is 23.5 Å². The molecule has 3 aromatic carbocycles. The summed E-state index contributed by atoms with van der Waals surface area (Å²) in [5, 5.41) is 0. The molecule has 0 saturated heterocycles. The molecule has 0 bridgehead atoms. The standard InChI is InChI=1S/C22H20O5S/c1-25-18-10-8-17(9-11-18)22(23)27-19-12-13-20(21(14-19)28(2)24)26-15-16-6-4-3-5-7-16/h3-14H,15H2,1-2H3. The van der Waals surface area contributed by atoms with E-state index in [1.54, 1.807) is 55.8 Å². The van der Waals surface area contributed by atoms with Crippen LogP contribution >= 0.6 is 0 Å². The van der Waals surface area contributed by atoms with E-state index in [1.165, 1.54) is 0 Å². The first kappa shape index (κ1) is 19.6. The molecule has 0 aromatic heterocycles. The molecule has 144 valence electrons. The van der Waals surface area contributed by atoms with Gasteiger partial charge in [-0.2, -0.15) is 0 Å². The lowest BCUT2D eigenvalue weighted by atomic mass is 10.2. The van der Waals surface area contributed by atoms with Crippen LogP contribution in [0.2, 0.25) is 0 Å². The Labute approximate surface area is 166 Å². The second-order valence-corrected chi connectivity index (χ2v) is 7.30. The van der Waals surface area contributed by atoms with Gasteiger partial charge in [0.25, 0.3) is 0 Å². The van der Waals surface area contributed by atoms with Gasteiger partial charge < -0.3 is 14.2 Å². The van der Waals surface area contributed by atoms with E-state index in [0.29, 0.717) is 34.3 Å². The minimum Gasteiger partial charge on any atom is -0.497 e. The molecular weight excluding hydrogens is 376 g/mol. The molecule has 3 aromatic rings. The average Bonchev–Trinajstić information content (AvgIpc) is 2.73. The van der Waals surface area contributed by atoms with Crippen molar-refractivity contribution in [2.75, 3.05) is 13.4 Å². The molecule has 0 aliphatic heterocycles. The number of hydrogen-bond acceptors (Lipinski definition) is 5. The number of carbonyl (C=O) groups is 1. The van der Waals surface area contributed by atoms with Gasteiger partial charge in [0.15, 0.2) is 0 Å². The third-order valence-corrected chi connectivity index (χ3v) is 4.94. The Morgan fingerprint density at radius 1 is 0.929 bits per heavy atom. The second kappa shape index (κ2) is 9.19. The van der Waals surface area contributed by atoms with Crippen molar-refractivity contribution < 1.29 is 23.2 Å². The quantitative estimate of drug-likeness (QED) is 0.442. The maximum atomic E-state index is 12.3. The Bertz CT molecular complexity index is 968. The first-order valence-electron chi connectivity index (χ1n) is 8.57. The molecule has 0 saturated carbocycles. The zero-order valence-corrected chi connectivity index (χ0v) is 16.4. The van der Waals surface area contributed by atoms with E-state index in [1.807, 2.05) is 30.3 Å². The van der Waals surface area contributed by atoms with Crippen molar-refractivity contribution in [1.82, 2.24) is 0 Å². The molecule has 0 N–H and O–H groups in total. The summed E-state index contributed by atoms with van der Waals surface area (Å²) in [6, 6.07) is 21.2. The second-order valence-electron chi connectivity index (χ2n) is 5.95. The Hall–Kier alpha value is -3.12. The highest BCUT2D eigenvalue weighted by Crippen LogP contribution is 2.28. The number of carbonyl (C=O) groups excluding carboxylic acids is 1. The number of benzene rings is 3. The van der Waals surface area contributed by atoms with Gasteiger partial charge in [0, 0.05) is 12.3 Å².